The molecule has 1 atom stereocenters. The maximum absolute atomic E-state index is 11.8. The van der Waals surface area contributed by atoms with Crippen LogP contribution in [-0.4, -0.2) is 22.2 Å². The largest absolute Gasteiger partial charge is 0.508 e. The third-order valence-electron chi connectivity index (χ3n) is 3.25. The Bertz CT molecular complexity index is 610. The van der Waals surface area contributed by atoms with Crippen LogP contribution in [0.2, 0.25) is 0 Å². The molecule has 2 amide bonds. The molecule has 0 radical (unpaired) electrons. The summed E-state index contributed by atoms with van der Waals surface area (Å²) in [7, 11) is 0. The molecule has 0 spiro atoms. The Hall–Kier alpha value is -2.08. The van der Waals surface area contributed by atoms with Gasteiger partial charge in [0.15, 0.2) is 0 Å². The van der Waals surface area contributed by atoms with Crippen molar-refractivity contribution in [2.75, 3.05) is 0 Å². The zero-order chi connectivity index (χ0) is 15.9. The normalized spacial score (nSPS) is 11.9. The van der Waals surface area contributed by atoms with Gasteiger partial charge in [-0.15, -0.1) is 11.3 Å². The van der Waals surface area contributed by atoms with Gasteiger partial charge in [0.1, 0.15) is 10.8 Å². The van der Waals surface area contributed by atoms with Gasteiger partial charge in [-0.05, 0) is 44.4 Å². The highest BCUT2D eigenvalue weighted by Crippen LogP contribution is 2.12. The predicted molar refractivity (Wildman–Crippen MR) is 88.1 cm³/mol. The zero-order valence-corrected chi connectivity index (χ0v) is 13.6. The minimum Gasteiger partial charge on any atom is -0.508 e. The van der Waals surface area contributed by atoms with E-state index in [1.807, 2.05) is 31.4 Å². The first kappa shape index (κ1) is 16.3. The number of carbonyl (C=O) groups excluding carboxylic acids is 1. The van der Waals surface area contributed by atoms with Crippen LogP contribution in [0.3, 0.4) is 0 Å². The van der Waals surface area contributed by atoms with Crippen molar-refractivity contribution in [2.24, 2.45) is 0 Å². The van der Waals surface area contributed by atoms with Crippen LogP contribution < -0.4 is 10.6 Å². The number of aromatic hydroxyl groups is 1. The van der Waals surface area contributed by atoms with Gasteiger partial charge in [-0.25, -0.2) is 9.78 Å². The number of phenolic OH excluding ortho intramolecular Hbond substituents is 1. The van der Waals surface area contributed by atoms with Crippen LogP contribution >= 0.6 is 11.3 Å². The van der Waals surface area contributed by atoms with E-state index in [1.165, 1.54) is 0 Å². The summed E-state index contributed by atoms with van der Waals surface area (Å²) >= 11 is 1.55. The van der Waals surface area contributed by atoms with Gasteiger partial charge in [-0.1, -0.05) is 12.1 Å². The summed E-state index contributed by atoms with van der Waals surface area (Å²) in [5, 5.41) is 17.8. The Morgan fingerprint density at radius 1 is 1.36 bits per heavy atom. The number of amides is 2. The van der Waals surface area contributed by atoms with E-state index in [0.717, 1.165) is 29.1 Å². The van der Waals surface area contributed by atoms with Crippen molar-refractivity contribution in [2.45, 2.75) is 39.3 Å². The van der Waals surface area contributed by atoms with Gasteiger partial charge < -0.3 is 15.7 Å². The number of aryl methyl sites for hydroxylation is 2. The maximum Gasteiger partial charge on any atom is 0.315 e. The third-order valence-corrected chi connectivity index (χ3v) is 4.21. The van der Waals surface area contributed by atoms with Crippen LogP contribution in [0.4, 0.5) is 4.79 Å². The Kier molecular flexibility index (Phi) is 5.77. The number of aromatic nitrogens is 1. The SMILES string of the molecule is Cc1csc(CNC(=O)N[C@H](C)CCc2ccc(O)cc2)n1. The van der Waals surface area contributed by atoms with E-state index in [0.29, 0.717) is 6.54 Å². The zero-order valence-electron chi connectivity index (χ0n) is 12.8. The molecule has 0 aliphatic rings. The second kappa shape index (κ2) is 7.79. The number of phenols is 1. The fraction of sp³-hybridized carbons (Fsp3) is 0.375. The number of thiazole rings is 1. The molecule has 0 aliphatic carbocycles. The lowest BCUT2D eigenvalue weighted by atomic mass is 10.1. The van der Waals surface area contributed by atoms with Crippen molar-refractivity contribution in [3.05, 3.63) is 45.9 Å². The number of hydrogen-bond acceptors (Lipinski definition) is 4. The van der Waals surface area contributed by atoms with E-state index in [-0.39, 0.29) is 17.8 Å². The van der Waals surface area contributed by atoms with Crippen molar-refractivity contribution in [1.29, 1.82) is 0 Å². The highest BCUT2D eigenvalue weighted by atomic mass is 32.1. The standard InChI is InChI=1S/C16H21N3O2S/c1-11(3-4-13-5-7-14(20)8-6-13)19-16(21)17-9-15-18-12(2)10-22-15/h5-8,10-11,20H,3-4,9H2,1-2H3,(H2,17,19,21)/t11-/m1/s1. The lowest BCUT2D eigenvalue weighted by molar-refractivity contribution is 0.237. The first-order valence-electron chi connectivity index (χ1n) is 7.26. The molecule has 0 aliphatic heterocycles. The van der Waals surface area contributed by atoms with Gasteiger partial charge in [0.25, 0.3) is 0 Å². The number of nitrogens with one attached hydrogen (secondary N) is 2. The van der Waals surface area contributed by atoms with Crippen molar-refractivity contribution in [3.8, 4) is 5.75 Å². The Labute approximate surface area is 134 Å². The molecule has 22 heavy (non-hydrogen) atoms. The summed E-state index contributed by atoms with van der Waals surface area (Å²) in [6.45, 7) is 4.37. The average Bonchev–Trinajstić information content (AvgIpc) is 2.90. The van der Waals surface area contributed by atoms with Gasteiger partial charge in [0.2, 0.25) is 0 Å². The van der Waals surface area contributed by atoms with Crippen LogP contribution in [0.15, 0.2) is 29.6 Å². The molecule has 2 aromatic rings. The summed E-state index contributed by atoms with van der Waals surface area (Å²) in [4.78, 5) is 16.1. The lowest BCUT2D eigenvalue weighted by Crippen LogP contribution is -2.40. The fourth-order valence-electron chi connectivity index (χ4n) is 2.03. The van der Waals surface area contributed by atoms with Crippen LogP contribution in [0.25, 0.3) is 0 Å². The molecule has 1 heterocycles. The predicted octanol–water partition coefficient (Wildman–Crippen LogP) is 2.98. The van der Waals surface area contributed by atoms with Crippen molar-refractivity contribution >= 4 is 17.4 Å². The number of hydrogen-bond donors (Lipinski definition) is 3. The quantitative estimate of drug-likeness (QED) is 0.766. The number of urea groups is 1. The molecule has 118 valence electrons. The minimum absolute atomic E-state index is 0.0758. The Morgan fingerprint density at radius 3 is 2.73 bits per heavy atom. The van der Waals surface area contributed by atoms with E-state index in [4.69, 9.17) is 0 Å². The molecule has 1 aromatic carbocycles. The maximum atomic E-state index is 11.8. The molecule has 2 rings (SSSR count). The summed E-state index contributed by atoms with van der Waals surface area (Å²) in [5.41, 5.74) is 2.12. The number of carbonyl (C=O) groups is 1. The van der Waals surface area contributed by atoms with Gasteiger partial charge in [-0.2, -0.15) is 0 Å². The third kappa shape index (κ3) is 5.37. The van der Waals surface area contributed by atoms with Crippen molar-refractivity contribution in [1.82, 2.24) is 15.6 Å². The molecule has 0 bridgehead atoms. The summed E-state index contributed by atoms with van der Waals surface area (Å²) in [6, 6.07) is 7.05. The number of benzene rings is 1. The molecule has 0 fully saturated rings. The van der Waals surface area contributed by atoms with Crippen LogP contribution in [0.1, 0.15) is 29.6 Å². The molecular weight excluding hydrogens is 298 g/mol. The summed E-state index contributed by atoms with van der Waals surface area (Å²) in [5.74, 6) is 0.270. The van der Waals surface area contributed by atoms with Crippen LogP contribution in [-0.2, 0) is 13.0 Å². The molecule has 3 N–H and O–H groups in total. The van der Waals surface area contributed by atoms with E-state index in [1.54, 1.807) is 23.5 Å². The number of rotatable bonds is 6. The highest BCUT2D eigenvalue weighted by Gasteiger charge is 2.08. The average molecular weight is 319 g/mol. The number of nitrogens with zero attached hydrogens (tertiary/aromatic N) is 1. The van der Waals surface area contributed by atoms with Crippen LogP contribution in [0.5, 0.6) is 5.75 Å². The molecule has 5 nitrogen and oxygen atoms in total. The second-order valence-electron chi connectivity index (χ2n) is 5.32. The minimum atomic E-state index is -0.175. The van der Waals surface area contributed by atoms with E-state index in [2.05, 4.69) is 15.6 Å². The molecule has 0 saturated heterocycles. The monoisotopic (exact) mass is 319 g/mol. The van der Waals surface area contributed by atoms with Gasteiger partial charge >= 0.3 is 6.03 Å². The van der Waals surface area contributed by atoms with E-state index in [9.17, 15) is 9.90 Å². The molecule has 0 saturated carbocycles. The molecule has 0 unspecified atom stereocenters. The van der Waals surface area contributed by atoms with E-state index >= 15 is 0 Å². The second-order valence-corrected chi connectivity index (χ2v) is 6.26. The summed E-state index contributed by atoms with van der Waals surface area (Å²) in [6.07, 6.45) is 1.70. The van der Waals surface area contributed by atoms with Crippen molar-refractivity contribution < 1.29 is 9.90 Å². The molecule has 1 aromatic heterocycles. The van der Waals surface area contributed by atoms with E-state index < -0.39 is 0 Å². The first-order chi connectivity index (χ1) is 10.5. The van der Waals surface area contributed by atoms with Gasteiger partial charge in [0, 0.05) is 17.1 Å². The van der Waals surface area contributed by atoms with Crippen molar-refractivity contribution in [3.63, 3.8) is 0 Å². The Morgan fingerprint density at radius 2 is 2.09 bits per heavy atom. The molecular formula is C16H21N3O2S. The Balaban J connectivity index is 1.68. The fourth-order valence-corrected chi connectivity index (χ4v) is 2.74. The van der Waals surface area contributed by atoms with Gasteiger partial charge in [-0.3, -0.25) is 0 Å². The smallest absolute Gasteiger partial charge is 0.315 e. The highest BCUT2D eigenvalue weighted by molar-refractivity contribution is 7.09. The topological polar surface area (TPSA) is 74.2 Å². The summed E-state index contributed by atoms with van der Waals surface area (Å²) < 4.78 is 0. The van der Waals surface area contributed by atoms with Crippen LogP contribution in [0, 0.1) is 6.92 Å². The van der Waals surface area contributed by atoms with Gasteiger partial charge in [0.05, 0.1) is 6.54 Å². The lowest BCUT2D eigenvalue weighted by Gasteiger charge is -2.14. The first-order valence-corrected chi connectivity index (χ1v) is 8.14. The molecule has 6 heteroatoms.